The van der Waals surface area contributed by atoms with Gasteiger partial charge < -0.3 is 15.4 Å². The zero-order valence-corrected chi connectivity index (χ0v) is 21.8. The molecule has 0 saturated carbocycles. The van der Waals surface area contributed by atoms with E-state index in [0.717, 1.165) is 23.5 Å². The third-order valence-electron chi connectivity index (χ3n) is 5.27. The minimum absolute atomic E-state index is 0.00817. The van der Waals surface area contributed by atoms with Crippen molar-refractivity contribution in [2.45, 2.75) is 51.9 Å². The van der Waals surface area contributed by atoms with Gasteiger partial charge in [-0.3, -0.25) is 19.3 Å². The smallest absolute Gasteiger partial charge is 0.394 e. The molecule has 0 radical (unpaired) electrons. The van der Waals surface area contributed by atoms with Gasteiger partial charge in [-0.15, -0.1) is 15.3 Å². The lowest BCUT2D eigenvalue weighted by atomic mass is 10.2. The summed E-state index contributed by atoms with van der Waals surface area (Å²) in [7, 11) is 0. The highest BCUT2D eigenvalue weighted by Gasteiger charge is 2.23. The van der Waals surface area contributed by atoms with Crippen LogP contribution in [0.5, 0.6) is 5.75 Å². The maximum absolute atomic E-state index is 13.0. The Hall–Kier alpha value is -4.33. The molecule has 0 aliphatic rings. The first-order valence-corrected chi connectivity index (χ1v) is 12.9. The first-order valence-electron chi connectivity index (χ1n) is 12.1. The summed E-state index contributed by atoms with van der Waals surface area (Å²) in [5.41, 5.74) is 1.50. The molecule has 0 fully saturated rings. The van der Waals surface area contributed by atoms with Crippen LogP contribution in [-0.2, 0) is 26.1 Å². The number of aromatic nitrogens is 6. The second kappa shape index (κ2) is 13.0. The molecule has 4 aromatic rings. The summed E-state index contributed by atoms with van der Waals surface area (Å²) in [6.45, 7) is 1.63. The van der Waals surface area contributed by atoms with Crippen LogP contribution in [-0.4, -0.2) is 48.1 Å². The lowest BCUT2D eigenvalue weighted by Gasteiger charge is -2.13. The number of unbranched alkanes of at least 4 members (excludes halogenated alkanes) is 1. The van der Waals surface area contributed by atoms with Crippen LogP contribution in [0.25, 0.3) is 0 Å². The van der Waals surface area contributed by atoms with Crippen molar-refractivity contribution in [2.75, 3.05) is 0 Å². The standard InChI is InChI=1S/C25H26F2N8O3S/c1-25(26,27)38-19-9-6-7-17(13-19)14-29-22(36)20-16-35(34-31-20)12-5-3-10-21-32-33-24(39-21)23(37)30-15-18-8-2-4-11-28-18/h2,4,6-9,11,13,16H,3,5,10,12,14-15H2,1H3,(H,29,36)(H,30,37). The van der Waals surface area contributed by atoms with E-state index >= 15 is 0 Å². The van der Waals surface area contributed by atoms with Gasteiger partial charge in [-0.2, -0.15) is 8.78 Å². The Morgan fingerprint density at radius 2 is 1.87 bits per heavy atom. The molecule has 11 nitrogen and oxygen atoms in total. The molecule has 39 heavy (non-hydrogen) atoms. The average Bonchev–Trinajstić information content (AvgIpc) is 3.58. The number of nitrogens with one attached hydrogen (secondary N) is 2. The average molecular weight is 557 g/mol. The van der Waals surface area contributed by atoms with Crippen molar-refractivity contribution < 1.29 is 23.1 Å². The summed E-state index contributed by atoms with van der Waals surface area (Å²) < 4.78 is 32.2. The normalized spacial score (nSPS) is 11.3. The van der Waals surface area contributed by atoms with Gasteiger partial charge in [-0.25, -0.2) is 0 Å². The summed E-state index contributed by atoms with van der Waals surface area (Å²) >= 11 is 1.25. The number of hydrogen-bond acceptors (Lipinski definition) is 9. The van der Waals surface area contributed by atoms with E-state index in [4.69, 9.17) is 0 Å². The number of ether oxygens (including phenoxy) is 1. The van der Waals surface area contributed by atoms with Crippen LogP contribution in [0.4, 0.5) is 8.78 Å². The van der Waals surface area contributed by atoms with Crippen molar-refractivity contribution in [3.05, 3.63) is 81.8 Å². The molecule has 14 heteroatoms. The number of aryl methyl sites for hydroxylation is 2. The lowest BCUT2D eigenvalue weighted by molar-refractivity contribution is -0.159. The fraction of sp³-hybridized carbons (Fsp3) is 0.320. The first kappa shape index (κ1) is 27.7. The molecule has 0 unspecified atom stereocenters. The molecule has 0 saturated heterocycles. The van der Waals surface area contributed by atoms with E-state index < -0.39 is 12.0 Å². The Morgan fingerprint density at radius 1 is 1.03 bits per heavy atom. The largest absolute Gasteiger partial charge is 0.433 e. The van der Waals surface area contributed by atoms with Crippen LogP contribution in [0.2, 0.25) is 0 Å². The molecule has 4 rings (SSSR count). The monoisotopic (exact) mass is 556 g/mol. The maximum atomic E-state index is 13.0. The van der Waals surface area contributed by atoms with Crippen molar-refractivity contribution in [3.8, 4) is 5.75 Å². The van der Waals surface area contributed by atoms with Gasteiger partial charge in [0, 0.05) is 32.6 Å². The van der Waals surface area contributed by atoms with E-state index in [9.17, 15) is 18.4 Å². The highest BCUT2D eigenvalue weighted by atomic mass is 32.1. The zero-order valence-electron chi connectivity index (χ0n) is 21.0. The third kappa shape index (κ3) is 8.88. The highest BCUT2D eigenvalue weighted by molar-refractivity contribution is 7.13. The third-order valence-corrected chi connectivity index (χ3v) is 6.25. The van der Waals surface area contributed by atoms with Crippen molar-refractivity contribution in [3.63, 3.8) is 0 Å². The summed E-state index contributed by atoms with van der Waals surface area (Å²) in [5.74, 6) is -0.716. The number of benzene rings is 1. The molecule has 0 atom stereocenters. The molecule has 0 spiro atoms. The van der Waals surface area contributed by atoms with E-state index in [0.29, 0.717) is 37.0 Å². The van der Waals surface area contributed by atoms with Crippen LogP contribution >= 0.6 is 11.3 Å². The topological polar surface area (TPSA) is 137 Å². The van der Waals surface area contributed by atoms with Crippen LogP contribution < -0.4 is 15.4 Å². The molecular weight excluding hydrogens is 530 g/mol. The summed E-state index contributed by atoms with van der Waals surface area (Å²) in [5, 5.41) is 22.5. The second-order valence-electron chi connectivity index (χ2n) is 8.57. The molecular formula is C25H26F2N8O3S. The fourth-order valence-electron chi connectivity index (χ4n) is 3.46. The number of carbonyl (C=O) groups excluding carboxylic acids is 2. The Kier molecular flexibility index (Phi) is 9.20. The number of pyridine rings is 1. The van der Waals surface area contributed by atoms with Crippen molar-refractivity contribution in [2.24, 2.45) is 0 Å². The maximum Gasteiger partial charge on any atom is 0.394 e. The number of rotatable bonds is 13. The van der Waals surface area contributed by atoms with Gasteiger partial charge in [-0.05, 0) is 42.7 Å². The summed E-state index contributed by atoms with van der Waals surface area (Å²) in [6.07, 6.45) is 2.10. The molecule has 0 bridgehead atoms. The number of carbonyl (C=O) groups is 2. The number of halogens is 2. The van der Waals surface area contributed by atoms with Gasteiger partial charge in [0.2, 0.25) is 5.01 Å². The Bertz CT molecular complexity index is 1390. The van der Waals surface area contributed by atoms with Gasteiger partial charge in [-0.1, -0.05) is 34.7 Å². The number of amides is 2. The minimum atomic E-state index is -3.29. The predicted molar refractivity (Wildman–Crippen MR) is 137 cm³/mol. The summed E-state index contributed by atoms with van der Waals surface area (Å²) in [6, 6.07) is 11.6. The lowest BCUT2D eigenvalue weighted by Crippen LogP contribution is -2.23. The number of alkyl halides is 2. The highest BCUT2D eigenvalue weighted by Crippen LogP contribution is 2.21. The molecule has 3 aromatic heterocycles. The Morgan fingerprint density at radius 3 is 2.67 bits per heavy atom. The molecule has 2 N–H and O–H groups in total. The van der Waals surface area contributed by atoms with E-state index in [1.807, 2.05) is 18.2 Å². The molecule has 1 aromatic carbocycles. The van der Waals surface area contributed by atoms with Gasteiger partial charge in [0.15, 0.2) is 5.69 Å². The molecule has 0 aliphatic heterocycles. The van der Waals surface area contributed by atoms with E-state index in [2.05, 4.69) is 40.9 Å². The Balaban J connectivity index is 1.16. The molecule has 3 heterocycles. The van der Waals surface area contributed by atoms with Crippen molar-refractivity contribution in [1.82, 2.24) is 40.8 Å². The predicted octanol–water partition coefficient (Wildman–Crippen LogP) is 3.40. The first-order chi connectivity index (χ1) is 18.7. The van der Waals surface area contributed by atoms with Crippen LogP contribution in [0.15, 0.2) is 54.9 Å². The zero-order chi connectivity index (χ0) is 27.7. The van der Waals surface area contributed by atoms with Gasteiger partial charge in [0.05, 0.1) is 18.4 Å². The second-order valence-corrected chi connectivity index (χ2v) is 9.63. The van der Waals surface area contributed by atoms with E-state index in [-0.39, 0.29) is 23.9 Å². The molecule has 2 amide bonds. The van der Waals surface area contributed by atoms with Crippen molar-refractivity contribution in [1.29, 1.82) is 0 Å². The van der Waals surface area contributed by atoms with Gasteiger partial charge >= 0.3 is 6.11 Å². The van der Waals surface area contributed by atoms with Crippen LogP contribution in [0.1, 0.15) is 56.3 Å². The van der Waals surface area contributed by atoms with E-state index in [1.54, 1.807) is 29.2 Å². The van der Waals surface area contributed by atoms with Crippen molar-refractivity contribution >= 4 is 23.2 Å². The van der Waals surface area contributed by atoms with Gasteiger partial charge in [0.25, 0.3) is 11.8 Å². The number of nitrogens with zero attached hydrogens (tertiary/aromatic N) is 6. The van der Waals surface area contributed by atoms with E-state index in [1.165, 1.54) is 23.5 Å². The molecule has 204 valence electrons. The SMILES string of the molecule is CC(F)(F)Oc1cccc(CNC(=O)c2cn(CCCCc3nnc(C(=O)NCc4ccccn4)s3)nn2)c1. The number of hydrogen-bond donors (Lipinski definition) is 2. The quantitative estimate of drug-likeness (QED) is 0.239. The fourth-order valence-corrected chi connectivity index (χ4v) is 4.25. The molecule has 0 aliphatic carbocycles. The van der Waals surface area contributed by atoms with Gasteiger partial charge in [0.1, 0.15) is 10.8 Å². The summed E-state index contributed by atoms with van der Waals surface area (Å²) in [4.78, 5) is 28.9. The Labute approximate surface area is 226 Å². The van der Waals surface area contributed by atoms with Crippen LogP contribution in [0, 0.1) is 0 Å². The van der Waals surface area contributed by atoms with Crippen LogP contribution in [0.3, 0.4) is 0 Å². The minimum Gasteiger partial charge on any atom is -0.433 e.